The van der Waals surface area contributed by atoms with Crippen molar-refractivity contribution in [2.24, 2.45) is 5.92 Å². The summed E-state index contributed by atoms with van der Waals surface area (Å²) in [5.41, 5.74) is 0. The third-order valence-electron chi connectivity index (χ3n) is 2.48. The van der Waals surface area contributed by atoms with Gasteiger partial charge in [0.1, 0.15) is 0 Å². The van der Waals surface area contributed by atoms with Crippen LogP contribution in [0.1, 0.15) is 32.1 Å². The second-order valence-corrected chi connectivity index (χ2v) is 6.02. The van der Waals surface area contributed by atoms with E-state index >= 15 is 0 Å². The van der Waals surface area contributed by atoms with E-state index in [1.165, 1.54) is 37.2 Å². The Kier molecular flexibility index (Phi) is 6.39. The van der Waals surface area contributed by atoms with Crippen LogP contribution in [-0.2, 0) is 0 Å². The normalized spacial score (nSPS) is 23.8. The molecule has 1 rings (SSSR count). The molecule has 0 radical (unpaired) electrons. The van der Waals surface area contributed by atoms with Gasteiger partial charge in [-0.05, 0) is 43.1 Å². The molecule has 2 nitrogen and oxygen atoms in total. The Bertz CT molecular complexity index is 127. The molecule has 0 aromatic heterocycles. The maximum atomic E-state index is 8.71. The molecular formula is C9H19O2PS. The lowest BCUT2D eigenvalue weighted by Crippen LogP contribution is -2.10. The number of hydrogen-bond acceptors (Lipinski definition) is 3. The summed E-state index contributed by atoms with van der Waals surface area (Å²) < 4.78 is 0. The second-order valence-electron chi connectivity index (χ2n) is 3.67. The molecule has 0 amide bonds. The van der Waals surface area contributed by atoms with Crippen LogP contribution in [0, 0.1) is 5.92 Å². The molecule has 1 fully saturated rings. The summed E-state index contributed by atoms with van der Waals surface area (Å²) in [6.07, 6.45) is 6.82. The van der Waals surface area contributed by atoms with Crippen LogP contribution in [0.15, 0.2) is 0 Å². The Morgan fingerprint density at radius 1 is 1.31 bits per heavy atom. The highest BCUT2D eigenvalue weighted by atomic mass is 32.2. The molecule has 2 N–H and O–H groups in total. The van der Waals surface area contributed by atoms with Gasteiger partial charge in [0.2, 0.25) is 0 Å². The molecular weight excluding hydrogens is 203 g/mol. The zero-order valence-electron chi connectivity index (χ0n) is 7.98. The van der Waals surface area contributed by atoms with E-state index in [0.29, 0.717) is 6.16 Å². The van der Waals surface area contributed by atoms with E-state index in [-0.39, 0.29) is 0 Å². The van der Waals surface area contributed by atoms with E-state index < -0.39 is 8.38 Å². The fourth-order valence-corrected chi connectivity index (χ4v) is 3.43. The first kappa shape index (κ1) is 11.8. The lowest BCUT2D eigenvalue weighted by atomic mass is 9.99. The van der Waals surface area contributed by atoms with Crippen molar-refractivity contribution in [1.82, 2.24) is 0 Å². The van der Waals surface area contributed by atoms with Crippen molar-refractivity contribution in [2.45, 2.75) is 32.1 Å². The highest BCUT2D eigenvalue weighted by molar-refractivity contribution is 7.99. The van der Waals surface area contributed by atoms with Gasteiger partial charge >= 0.3 is 0 Å². The van der Waals surface area contributed by atoms with Gasteiger partial charge < -0.3 is 9.79 Å². The molecule has 1 unspecified atom stereocenters. The van der Waals surface area contributed by atoms with Crippen molar-refractivity contribution in [3.8, 4) is 0 Å². The molecule has 0 aromatic carbocycles. The lowest BCUT2D eigenvalue weighted by molar-refractivity contribution is 0.454. The average molecular weight is 222 g/mol. The zero-order valence-corrected chi connectivity index (χ0v) is 9.70. The summed E-state index contributed by atoms with van der Waals surface area (Å²) in [5.74, 6) is 3.57. The highest BCUT2D eigenvalue weighted by Crippen LogP contribution is 2.29. The maximum Gasteiger partial charge on any atom is 0.164 e. The lowest BCUT2D eigenvalue weighted by Gasteiger charge is -2.20. The minimum Gasteiger partial charge on any atom is -0.350 e. The molecule has 0 aliphatic carbocycles. The van der Waals surface area contributed by atoms with Gasteiger partial charge in [0.05, 0.1) is 0 Å². The number of unbranched alkanes of at least 4 members (excludes halogenated alkanes) is 1. The van der Waals surface area contributed by atoms with Crippen molar-refractivity contribution in [3.05, 3.63) is 0 Å². The van der Waals surface area contributed by atoms with Crippen molar-refractivity contribution >= 4 is 20.1 Å². The Balaban J connectivity index is 1.92. The Labute approximate surface area is 86.0 Å². The number of hydrogen-bond donors (Lipinski definition) is 2. The molecule has 1 saturated heterocycles. The van der Waals surface area contributed by atoms with Crippen molar-refractivity contribution < 1.29 is 9.79 Å². The Morgan fingerprint density at radius 2 is 2.15 bits per heavy atom. The first-order valence-corrected chi connectivity index (χ1v) is 7.61. The van der Waals surface area contributed by atoms with Crippen LogP contribution in [0.5, 0.6) is 0 Å². The average Bonchev–Trinajstić information content (AvgIpc) is 2.14. The predicted molar refractivity (Wildman–Crippen MR) is 60.1 cm³/mol. The van der Waals surface area contributed by atoms with Gasteiger partial charge in [-0.3, -0.25) is 0 Å². The SMILES string of the molecule is OP(O)CCCCC1CCCSC1. The summed E-state index contributed by atoms with van der Waals surface area (Å²) in [6.45, 7) is 0. The third kappa shape index (κ3) is 5.90. The van der Waals surface area contributed by atoms with Gasteiger partial charge in [0, 0.05) is 6.16 Å². The topological polar surface area (TPSA) is 40.5 Å². The van der Waals surface area contributed by atoms with Crippen LogP contribution < -0.4 is 0 Å². The zero-order chi connectivity index (χ0) is 9.52. The molecule has 0 spiro atoms. The molecule has 0 aromatic rings. The van der Waals surface area contributed by atoms with Gasteiger partial charge in [0.25, 0.3) is 0 Å². The standard InChI is InChI=1S/C9H19O2PS/c10-12(11)6-2-1-4-9-5-3-7-13-8-9/h9-11H,1-8H2. The molecule has 1 aliphatic heterocycles. The largest absolute Gasteiger partial charge is 0.350 e. The van der Waals surface area contributed by atoms with Crippen LogP contribution in [0.4, 0.5) is 0 Å². The van der Waals surface area contributed by atoms with Crippen molar-refractivity contribution in [2.75, 3.05) is 17.7 Å². The molecule has 1 aliphatic rings. The monoisotopic (exact) mass is 222 g/mol. The smallest absolute Gasteiger partial charge is 0.164 e. The van der Waals surface area contributed by atoms with Crippen LogP contribution in [0.3, 0.4) is 0 Å². The van der Waals surface area contributed by atoms with Gasteiger partial charge in [-0.15, -0.1) is 0 Å². The minimum absolute atomic E-state index is 0.606. The molecule has 1 heterocycles. The maximum absolute atomic E-state index is 8.71. The van der Waals surface area contributed by atoms with Gasteiger partial charge in [-0.2, -0.15) is 11.8 Å². The molecule has 78 valence electrons. The fraction of sp³-hybridized carbons (Fsp3) is 1.00. The third-order valence-corrected chi connectivity index (χ3v) is 4.48. The van der Waals surface area contributed by atoms with Gasteiger partial charge in [-0.1, -0.05) is 6.42 Å². The molecule has 0 saturated carbocycles. The van der Waals surface area contributed by atoms with Crippen molar-refractivity contribution in [1.29, 1.82) is 0 Å². The minimum atomic E-state index is -1.63. The molecule has 13 heavy (non-hydrogen) atoms. The Hall–Kier alpha value is 0.700. The quantitative estimate of drug-likeness (QED) is 0.555. The summed E-state index contributed by atoms with van der Waals surface area (Å²) in [7, 11) is -1.63. The summed E-state index contributed by atoms with van der Waals surface area (Å²) >= 11 is 2.07. The van der Waals surface area contributed by atoms with E-state index in [4.69, 9.17) is 9.79 Å². The summed E-state index contributed by atoms with van der Waals surface area (Å²) in [4.78, 5) is 17.4. The van der Waals surface area contributed by atoms with Crippen LogP contribution in [0.2, 0.25) is 0 Å². The second kappa shape index (κ2) is 7.05. The van der Waals surface area contributed by atoms with Gasteiger partial charge in [-0.25, -0.2) is 0 Å². The molecule has 4 heteroatoms. The number of rotatable bonds is 5. The fourth-order valence-electron chi connectivity index (χ4n) is 1.72. The van der Waals surface area contributed by atoms with E-state index in [1.54, 1.807) is 0 Å². The van der Waals surface area contributed by atoms with Crippen LogP contribution in [0.25, 0.3) is 0 Å². The van der Waals surface area contributed by atoms with E-state index in [2.05, 4.69) is 11.8 Å². The summed E-state index contributed by atoms with van der Waals surface area (Å²) in [5, 5.41) is 0. The highest BCUT2D eigenvalue weighted by Gasteiger charge is 2.13. The van der Waals surface area contributed by atoms with E-state index in [1.807, 2.05) is 0 Å². The predicted octanol–water partition coefficient (Wildman–Crippen LogP) is 2.60. The van der Waals surface area contributed by atoms with Gasteiger partial charge in [0.15, 0.2) is 8.38 Å². The van der Waals surface area contributed by atoms with Crippen molar-refractivity contribution in [3.63, 3.8) is 0 Å². The summed E-state index contributed by atoms with van der Waals surface area (Å²) in [6, 6.07) is 0. The first-order chi connectivity index (χ1) is 6.29. The van der Waals surface area contributed by atoms with Crippen LogP contribution >= 0.6 is 20.1 Å². The number of thioether (sulfide) groups is 1. The molecule has 1 atom stereocenters. The van der Waals surface area contributed by atoms with E-state index in [9.17, 15) is 0 Å². The first-order valence-electron chi connectivity index (χ1n) is 5.02. The Morgan fingerprint density at radius 3 is 2.77 bits per heavy atom. The van der Waals surface area contributed by atoms with Crippen LogP contribution in [-0.4, -0.2) is 27.5 Å². The molecule has 0 bridgehead atoms. The van der Waals surface area contributed by atoms with E-state index in [0.717, 1.165) is 12.3 Å².